The number of rotatable bonds is 2. The van der Waals surface area contributed by atoms with E-state index in [9.17, 15) is 0 Å². The number of thiocarbonyl (C=S) groups is 1. The van der Waals surface area contributed by atoms with Gasteiger partial charge in [0, 0.05) is 10.5 Å². The van der Waals surface area contributed by atoms with Crippen LogP contribution in [0, 0.1) is 0 Å². The summed E-state index contributed by atoms with van der Waals surface area (Å²) in [5.74, 6) is 0.751. The molecule has 8 heteroatoms. The second kappa shape index (κ2) is 4.25. The molecule has 0 amide bonds. The van der Waals surface area contributed by atoms with Gasteiger partial charge in [0.05, 0.1) is 12.5 Å². The molecule has 5 N–H and O–H groups in total. The first-order chi connectivity index (χ1) is 9.15. The smallest absolute Gasteiger partial charge is 0.359 e. The lowest BCUT2D eigenvalue weighted by atomic mass is 10.3. The van der Waals surface area contributed by atoms with Gasteiger partial charge in [-0.05, 0) is 12.1 Å². The monoisotopic (exact) mass is 272 g/mol. The number of nitrogens with zero attached hydrogens (tertiary/aromatic N) is 4. The Morgan fingerprint density at radius 1 is 1.37 bits per heavy atom. The van der Waals surface area contributed by atoms with Crippen LogP contribution in [0.5, 0.6) is 0 Å². The minimum absolute atomic E-state index is 0.155. The van der Waals surface area contributed by atoms with Crippen LogP contribution in [0.3, 0.4) is 0 Å². The fraction of sp³-hybridized carbons (Fsp3) is 0. The molecule has 0 fully saturated rings. The number of imidazole rings is 1. The zero-order valence-electron chi connectivity index (χ0n) is 9.74. The molecule has 0 unspecified atom stereocenters. The van der Waals surface area contributed by atoms with Gasteiger partial charge in [0.15, 0.2) is 11.2 Å². The first-order valence-corrected chi connectivity index (χ1v) is 5.84. The van der Waals surface area contributed by atoms with Gasteiger partial charge in [-0.25, -0.2) is 9.55 Å². The van der Waals surface area contributed by atoms with Gasteiger partial charge in [-0.3, -0.25) is 0 Å². The molecular weight excluding hydrogens is 262 g/mol. The van der Waals surface area contributed by atoms with E-state index in [0.29, 0.717) is 22.0 Å². The van der Waals surface area contributed by atoms with E-state index in [0.717, 1.165) is 5.56 Å². The number of nitrogens with one attached hydrogen (secondary N) is 1. The molecule has 0 saturated heterocycles. The number of anilines is 1. The number of aromatic amines is 1. The highest BCUT2D eigenvalue weighted by atomic mass is 32.1. The van der Waals surface area contributed by atoms with E-state index in [1.807, 2.05) is 18.3 Å². The maximum Gasteiger partial charge on any atom is 0.359 e. The summed E-state index contributed by atoms with van der Waals surface area (Å²) in [6, 6.07) is 3.66. The second-order valence-electron chi connectivity index (χ2n) is 3.87. The molecule has 0 aromatic carbocycles. The van der Waals surface area contributed by atoms with Crippen LogP contribution in [-0.4, -0.2) is 24.9 Å². The Hall–Kier alpha value is -2.61. The SMILES string of the molecule is NC(=S)c1ccc[n+](-c2nc(N)nc3nc[nH]c23)c1. The van der Waals surface area contributed by atoms with E-state index in [1.54, 1.807) is 17.1 Å². The normalized spacial score (nSPS) is 10.7. The zero-order valence-corrected chi connectivity index (χ0v) is 10.6. The van der Waals surface area contributed by atoms with Gasteiger partial charge < -0.3 is 16.5 Å². The summed E-state index contributed by atoms with van der Waals surface area (Å²) in [4.78, 5) is 15.6. The lowest BCUT2D eigenvalue weighted by molar-refractivity contribution is -0.598. The molecule has 0 atom stereocenters. The topological polar surface area (TPSA) is 110 Å². The van der Waals surface area contributed by atoms with Crippen LogP contribution in [0.1, 0.15) is 5.56 Å². The highest BCUT2D eigenvalue weighted by Gasteiger charge is 2.19. The number of H-pyrrole nitrogens is 1. The fourth-order valence-electron chi connectivity index (χ4n) is 1.77. The van der Waals surface area contributed by atoms with Crippen LogP contribution >= 0.6 is 12.2 Å². The molecule has 3 rings (SSSR count). The van der Waals surface area contributed by atoms with E-state index in [4.69, 9.17) is 23.7 Å². The van der Waals surface area contributed by atoms with Crippen molar-refractivity contribution in [2.45, 2.75) is 0 Å². The number of hydrogen-bond donors (Lipinski definition) is 3. The molecule has 94 valence electrons. The predicted molar refractivity (Wildman–Crippen MR) is 73.5 cm³/mol. The van der Waals surface area contributed by atoms with Crippen molar-refractivity contribution in [3.05, 3.63) is 36.4 Å². The summed E-state index contributed by atoms with van der Waals surface area (Å²) >= 11 is 4.96. The van der Waals surface area contributed by atoms with Crippen molar-refractivity contribution in [2.24, 2.45) is 5.73 Å². The van der Waals surface area contributed by atoms with Crippen LogP contribution in [0.4, 0.5) is 5.95 Å². The van der Waals surface area contributed by atoms with Gasteiger partial charge in [0.25, 0.3) is 0 Å². The maximum atomic E-state index is 5.68. The number of nitrogens with two attached hydrogens (primary N) is 2. The van der Waals surface area contributed by atoms with Gasteiger partial charge in [-0.2, -0.15) is 4.98 Å². The molecule has 0 aliphatic rings. The molecule has 3 heterocycles. The Labute approximate surface area is 113 Å². The third-order valence-corrected chi connectivity index (χ3v) is 2.85. The van der Waals surface area contributed by atoms with Gasteiger partial charge >= 0.3 is 11.8 Å². The summed E-state index contributed by atoms with van der Waals surface area (Å²) in [5.41, 5.74) is 13.2. The number of hydrogen-bond acceptors (Lipinski definition) is 5. The third kappa shape index (κ3) is 1.97. The Bertz CT molecular complexity index is 780. The standard InChI is InChI=1S/C11H9N7S/c12-8(19)6-2-1-3-18(4-6)10-7-9(15-5-14-7)16-11(13)17-10/h1-5H,(H4-,12,13,14,15,16,17,19)/p+1. The highest BCUT2D eigenvalue weighted by molar-refractivity contribution is 7.80. The average molecular weight is 272 g/mol. The van der Waals surface area contributed by atoms with E-state index in [-0.39, 0.29) is 5.95 Å². The molecule has 3 aromatic rings. The van der Waals surface area contributed by atoms with Crippen LogP contribution in [0.15, 0.2) is 30.9 Å². The average Bonchev–Trinajstić information content (AvgIpc) is 2.85. The van der Waals surface area contributed by atoms with E-state index in [1.165, 1.54) is 0 Å². The van der Waals surface area contributed by atoms with Crippen LogP contribution in [-0.2, 0) is 0 Å². The molecule has 0 aliphatic carbocycles. The summed E-state index contributed by atoms with van der Waals surface area (Å²) in [6.07, 6.45) is 5.15. The molecule has 0 saturated carbocycles. The predicted octanol–water partition coefficient (Wildman–Crippen LogP) is -0.154. The number of fused-ring (bicyclic) bond motifs is 1. The van der Waals surface area contributed by atoms with E-state index in [2.05, 4.69) is 19.9 Å². The first-order valence-electron chi connectivity index (χ1n) is 5.43. The second-order valence-corrected chi connectivity index (χ2v) is 4.31. The Kier molecular flexibility index (Phi) is 2.57. The van der Waals surface area contributed by atoms with Crippen molar-refractivity contribution in [3.63, 3.8) is 0 Å². The molecular formula is C11H10N7S+. The van der Waals surface area contributed by atoms with Crippen molar-refractivity contribution >= 4 is 34.3 Å². The molecule has 3 aromatic heterocycles. The number of pyridine rings is 1. The minimum Gasteiger partial charge on any atom is -0.389 e. The largest absolute Gasteiger partial charge is 0.389 e. The van der Waals surface area contributed by atoms with Crippen LogP contribution in [0.25, 0.3) is 17.0 Å². The third-order valence-electron chi connectivity index (χ3n) is 2.61. The summed E-state index contributed by atoms with van der Waals surface area (Å²) < 4.78 is 1.77. The van der Waals surface area contributed by atoms with Crippen molar-refractivity contribution in [1.29, 1.82) is 0 Å². The Balaban J connectivity index is 2.26. The van der Waals surface area contributed by atoms with E-state index < -0.39 is 0 Å². The molecule has 0 aliphatic heterocycles. The molecule has 0 radical (unpaired) electrons. The van der Waals surface area contributed by atoms with Gasteiger partial charge in [0.1, 0.15) is 11.2 Å². The van der Waals surface area contributed by atoms with Crippen molar-refractivity contribution in [1.82, 2.24) is 19.9 Å². The zero-order chi connectivity index (χ0) is 13.4. The fourth-order valence-corrected chi connectivity index (χ4v) is 1.89. The minimum atomic E-state index is 0.155. The van der Waals surface area contributed by atoms with Crippen LogP contribution in [0.2, 0.25) is 0 Å². The molecule has 19 heavy (non-hydrogen) atoms. The molecule has 0 bridgehead atoms. The van der Waals surface area contributed by atoms with Gasteiger partial charge in [0.2, 0.25) is 0 Å². The lowest BCUT2D eigenvalue weighted by Crippen LogP contribution is -2.33. The lowest BCUT2D eigenvalue weighted by Gasteiger charge is -2.00. The van der Waals surface area contributed by atoms with Crippen molar-refractivity contribution in [3.8, 4) is 5.82 Å². The van der Waals surface area contributed by atoms with Crippen molar-refractivity contribution < 1.29 is 4.57 Å². The number of aromatic nitrogens is 5. The first kappa shape index (κ1) is 11.5. The van der Waals surface area contributed by atoms with Crippen LogP contribution < -0.4 is 16.0 Å². The molecule has 0 spiro atoms. The summed E-state index contributed by atoms with van der Waals surface area (Å²) in [6.45, 7) is 0. The van der Waals surface area contributed by atoms with Gasteiger partial charge in [-0.15, -0.1) is 0 Å². The van der Waals surface area contributed by atoms with Gasteiger partial charge in [-0.1, -0.05) is 12.2 Å². The maximum absolute atomic E-state index is 5.68. The van der Waals surface area contributed by atoms with E-state index >= 15 is 0 Å². The summed E-state index contributed by atoms with van der Waals surface area (Å²) in [7, 11) is 0. The Morgan fingerprint density at radius 3 is 3.00 bits per heavy atom. The quantitative estimate of drug-likeness (QED) is 0.442. The Morgan fingerprint density at radius 2 is 2.21 bits per heavy atom. The molecule has 7 nitrogen and oxygen atoms in total. The summed E-state index contributed by atoms with van der Waals surface area (Å²) in [5, 5.41) is 0. The number of nitrogen functional groups attached to an aromatic ring is 1. The highest BCUT2D eigenvalue weighted by Crippen LogP contribution is 2.12. The van der Waals surface area contributed by atoms with Crippen molar-refractivity contribution in [2.75, 3.05) is 5.73 Å².